The standard InChI is InChI=1S/C27H44N4O5/c1-21(2)11-16-30-26(34)27(12-17-35-3)18-22-7-9-23(10-8-22)36-19-25(33)29-15-5-14-28-13-4-6-24(32)31-20-27/h7-10,21,28H,4-6,11-20H2,1-3H3,(H,29,33)(H,30,34)(H,31,32). The number of carbonyl (C=O) groups excluding carboxylic acids is 3. The molecular weight excluding hydrogens is 460 g/mol. The second kappa shape index (κ2) is 16.2. The van der Waals surface area contributed by atoms with Crippen molar-refractivity contribution in [1.29, 1.82) is 0 Å². The zero-order chi connectivity index (χ0) is 26.2. The number of amides is 3. The summed E-state index contributed by atoms with van der Waals surface area (Å²) in [5, 5.41) is 12.3. The zero-order valence-corrected chi connectivity index (χ0v) is 22.1. The number of fused-ring (bicyclic) bond motifs is 17. The minimum absolute atomic E-state index is 0.0468. The molecule has 3 rings (SSSR count). The molecule has 1 unspecified atom stereocenters. The van der Waals surface area contributed by atoms with Gasteiger partial charge in [-0.15, -0.1) is 0 Å². The molecule has 1 atom stereocenters. The van der Waals surface area contributed by atoms with E-state index in [-0.39, 0.29) is 30.9 Å². The summed E-state index contributed by atoms with van der Waals surface area (Å²) in [6, 6.07) is 7.42. The summed E-state index contributed by atoms with van der Waals surface area (Å²) < 4.78 is 11.0. The van der Waals surface area contributed by atoms with Crippen LogP contribution in [0.2, 0.25) is 0 Å². The van der Waals surface area contributed by atoms with Gasteiger partial charge < -0.3 is 30.7 Å². The van der Waals surface area contributed by atoms with E-state index >= 15 is 0 Å². The minimum atomic E-state index is -0.857. The molecule has 0 aliphatic carbocycles. The van der Waals surface area contributed by atoms with Crippen LogP contribution in [0.4, 0.5) is 0 Å². The Balaban J connectivity index is 2.24. The van der Waals surface area contributed by atoms with E-state index in [0.717, 1.165) is 24.9 Å². The quantitative estimate of drug-likeness (QED) is 0.450. The molecule has 0 saturated carbocycles. The van der Waals surface area contributed by atoms with Crippen molar-refractivity contribution in [3.63, 3.8) is 0 Å². The van der Waals surface area contributed by atoms with Gasteiger partial charge in [-0.2, -0.15) is 0 Å². The van der Waals surface area contributed by atoms with Gasteiger partial charge in [0, 0.05) is 39.8 Å². The number of methoxy groups -OCH3 is 1. The van der Waals surface area contributed by atoms with Crippen molar-refractivity contribution < 1.29 is 23.9 Å². The summed E-state index contributed by atoms with van der Waals surface area (Å²) in [5.74, 6) is 0.742. The summed E-state index contributed by atoms with van der Waals surface area (Å²) in [6.07, 6.45) is 3.65. The summed E-state index contributed by atoms with van der Waals surface area (Å²) in [5.41, 5.74) is 0.0825. The summed E-state index contributed by atoms with van der Waals surface area (Å²) in [6.45, 7) is 7.43. The topological polar surface area (TPSA) is 118 Å². The first-order valence-electron chi connectivity index (χ1n) is 13.1. The van der Waals surface area contributed by atoms with Gasteiger partial charge in [0.15, 0.2) is 6.61 Å². The molecular formula is C27H44N4O5. The third-order valence-corrected chi connectivity index (χ3v) is 6.34. The Bertz CT molecular complexity index is 815. The van der Waals surface area contributed by atoms with Gasteiger partial charge in [0.25, 0.3) is 5.91 Å². The molecule has 9 nitrogen and oxygen atoms in total. The van der Waals surface area contributed by atoms with E-state index < -0.39 is 5.41 Å². The highest BCUT2D eigenvalue weighted by atomic mass is 16.5. The molecule has 4 N–H and O–H groups in total. The van der Waals surface area contributed by atoms with Gasteiger partial charge in [0.05, 0.1) is 5.41 Å². The van der Waals surface area contributed by atoms with E-state index in [4.69, 9.17) is 9.47 Å². The Kier molecular flexibility index (Phi) is 13.3. The smallest absolute Gasteiger partial charge is 0.257 e. The molecule has 9 heteroatoms. The van der Waals surface area contributed by atoms with Crippen molar-refractivity contribution in [1.82, 2.24) is 21.3 Å². The fraction of sp³-hybridized carbons (Fsp3) is 0.667. The maximum atomic E-state index is 13.6. The number of nitrogens with one attached hydrogen (secondary N) is 4. The van der Waals surface area contributed by atoms with Gasteiger partial charge in [-0.05, 0) is 68.8 Å². The van der Waals surface area contributed by atoms with Gasteiger partial charge in [-0.1, -0.05) is 26.0 Å². The maximum absolute atomic E-state index is 13.6. The number of hydrogen-bond acceptors (Lipinski definition) is 6. The second-order valence-electron chi connectivity index (χ2n) is 9.90. The van der Waals surface area contributed by atoms with E-state index in [0.29, 0.717) is 63.6 Å². The van der Waals surface area contributed by atoms with Gasteiger partial charge in [0.2, 0.25) is 11.8 Å². The van der Waals surface area contributed by atoms with Gasteiger partial charge in [-0.3, -0.25) is 14.4 Å². The lowest BCUT2D eigenvalue weighted by atomic mass is 9.77. The van der Waals surface area contributed by atoms with E-state index in [1.807, 2.05) is 12.1 Å². The van der Waals surface area contributed by atoms with E-state index in [1.54, 1.807) is 19.2 Å². The van der Waals surface area contributed by atoms with E-state index in [9.17, 15) is 14.4 Å². The van der Waals surface area contributed by atoms with Crippen molar-refractivity contribution in [3.05, 3.63) is 29.8 Å². The molecule has 2 aliphatic heterocycles. The first-order valence-corrected chi connectivity index (χ1v) is 13.1. The van der Waals surface area contributed by atoms with Crippen LogP contribution < -0.4 is 26.0 Å². The van der Waals surface area contributed by atoms with Crippen LogP contribution in [0, 0.1) is 11.3 Å². The Morgan fingerprint density at radius 1 is 1.08 bits per heavy atom. The molecule has 2 heterocycles. The van der Waals surface area contributed by atoms with Gasteiger partial charge in [0.1, 0.15) is 5.75 Å². The Morgan fingerprint density at radius 3 is 2.56 bits per heavy atom. The molecule has 2 bridgehead atoms. The fourth-order valence-corrected chi connectivity index (χ4v) is 4.06. The predicted octanol–water partition coefficient (Wildman–Crippen LogP) is 1.80. The number of hydrogen-bond donors (Lipinski definition) is 4. The lowest BCUT2D eigenvalue weighted by molar-refractivity contribution is -0.133. The van der Waals surface area contributed by atoms with Crippen molar-refractivity contribution >= 4 is 17.7 Å². The Morgan fingerprint density at radius 2 is 1.83 bits per heavy atom. The van der Waals surface area contributed by atoms with Crippen LogP contribution >= 0.6 is 0 Å². The summed E-state index contributed by atoms with van der Waals surface area (Å²) >= 11 is 0. The third kappa shape index (κ3) is 11.0. The molecule has 0 fully saturated rings. The van der Waals surface area contributed by atoms with E-state index in [2.05, 4.69) is 35.1 Å². The average molecular weight is 505 g/mol. The first kappa shape index (κ1) is 29.6. The maximum Gasteiger partial charge on any atom is 0.257 e. The Labute approximate surface area is 215 Å². The van der Waals surface area contributed by atoms with Crippen molar-refractivity contribution in [2.45, 2.75) is 52.4 Å². The Hall–Kier alpha value is -2.65. The first-order chi connectivity index (χ1) is 17.3. The predicted molar refractivity (Wildman–Crippen MR) is 140 cm³/mol. The van der Waals surface area contributed by atoms with Crippen LogP contribution in [0.25, 0.3) is 0 Å². The lowest BCUT2D eigenvalue weighted by Gasteiger charge is -2.33. The molecule has 0 saturated heterocycles. The van der Waals surface area contributed by atoms with Crippen LogP contribution in [0.15, 0.2) is 24.3 Å². The molecule has 3 amide bonds. The number of carbonyl (C=O) groups is 3. The third-order valence-electron chi connectivity index (χ3n) is 6.34. The monoisotopic (exact) mass is 504 g/mol. The zero-order valence-electron chi connectivity index (χ0n) is 22.1. The summed E-state index contributed by atoms with van der Waals surface area (Å²) in [7, 11) is 1.62. The van der Waals surface area contributed by atoms with Crippen molar-refractivity contribution in [2.75, 3.05) is 53.0 Å². The second-order valence-corrected chi connectivity index (χ2v) is 9.90. The molecule has 1 aromatic carbocycles. The number of ether oxygens (including phenoxy) is 2. The SMILES string of the molecule is COCCC1(C(=O)NCCC(C)C)CNC(=O)CCCNCCCNC(=O)COc2ccc(cc2)C1. The summed E-state index contributed by atoms with van der Waals surface area (Å²) in [4.78, 5) is 38.2. The van der Waals surface area contributed by atoms with Crippen LogP contribution in [0.1, 0.15) is 51.5 Å². The fourth-order valence-electron chi connectivity index (χ4n) is 4.06. The largest absolute Gasteiger partial charge is 0.484 e. The highest BCUT2D eigenvalue weighted by molar-refractivity contribution is 5.84. The normalized spacial score (nSPS) is 20.8. The minimum Gasteiger partial charge on any atom is -0.484 e. The van der Waals surface area contributed by atoms with Crippen molar-refractivity contribution in [2.24, 2.45) is 11.3 Å². The molecule has 0 aromatic heterocycles. The average Bonchev–Trinajstić information content (AvgIpc) is 2.86. The number of rotatable bonds is 7. The highest BCUT2D eigenvalue weighted by Crippen LogP contribution is 2.29. The van der Waals surface area contributed by atoms with Gasteiger partial charge >= 0.3 is 0 Å². The molecule has 1 aromatic rings. The van der Waals surface area contributed by atoms with E-state index in [1.165, 1.54) is 0 Å². The van der Waals surface area contributed by atoms with Gasteiger partial charge in [-0.25, -0.2) is 0 Å². The van der Waals surface area contributed by atoms with Crippen LogP contribution in [-0.2, 0) is 25.5 Å². The van der Waals surface area contributed by atoms with Crippen LogP contribution in [0.3, 0.4) is 0 Å². The van der Waals surface area contributed by atoms with Crippen LogP contribution in [0.5, 0.6) is 5.75 Å². The van der Waals surface area contributed by atoms with Crippen molar-refractivity contribution in [3.8, 4) is 5.75 Å². The number of benzene rings is 1. The molecule has 0 radical (unpaired) electrons. The molecule has 0 spiro atoms. The molecule has 36 heavy (non-hydrogen) atoms. The molecule has 202 valence electrons. The highest BCUT2D eigenvalue weighted by Gasteiger charge is 2.38. The van der Waals surface area contributed by atoms with Crippen LogP contribution in [-0.4, -0.2) is 70.8 Å². The molecule has 2 aliphatic rings. The lowest BCUT2D eigenvalue weighted by Crippen LogP contribution is -2.50.